The average molecular weight is 227 g/mol. The van der Waals surface area contributed by atoms with Crippen molar-refractivity contribution in [3.63, 3.8) is 0 Å². The van der Waals surface area contributed by atoms with Gasteiger partial charge in [-0.05, 0) is 38.0 Å². The van der Waals surface area contributed by atoms with Gasteiger partial charge >= 0.3 is 0 Å². The van der Waals surface area contributed by atoms with Crippen molar-refractivity contribution in [2.24, 2.45) is 5.92 Å². The Hall–Kier alpha value is -0.120. The summed E-state index contributed by atoms with van der Waals surface area (Å²) in [6.07, 6.45) is 7.18. The second-order valence-electron chi connectivity index (χ2n) is 5.41. The first-order chi connectivity index (χ1) is 7.78. The largest absolute Gasteiger partial charge is 0.380 e. The summed E-state index contributed by atoms with van der Waals surface area (Å²) in [7, 11) is 1.79. The summed E-state index contributed by atoms with van der Waals surface area (Å²) in [6.45, 7) is 4.18. The molecule has 1 heterocycles. The molecule has 0 radical (unpaired) electrons. The van der Waals surface area contributed by atoms with E-state index in [0.717, 1.165) is 25.5 Å². The van der Waals surface area contributed by atoms with E-state index in [4.69, 9.17) is 9.47 Å². The quantitative estimate of drug-likeness (QED) is 0.796. The van der Waals surface area contributed by atoms with Gasteiger partial charge < -0.3 is 14.8 Å². The van der Waals surface area contributed by atoms with Crippen molar-refractivity contribution in [1.29, 1.82) is 0 Å². The van der Waals surface area contributed by atoms with Gasteiger partial charge in [-0.3, -0.25) is 0 Å². The lowest BCUT2D eigenvalue weighted by molar-refractivity contribution is 0.00848. The van der Waals surface area contributed by atoms with Crippen molar-refractivity contribution < 1.29 is 9.47 Å². The summed E-state index contributed by atoms with van der Waals surface area (Å²) in [5.41, 5.74) is 0. The van der Waals surface area contributed by atoms with Crippen LogP contribution in [0.15, 0.2) is 0 Å². The highest BCUT2D eigenvalue weighted by molar-refractivity contribution is 4.82. The number of methoxy groups -OCH3 is 1. The minimum atomic E-state index is 0.389. The fourth-order valence-electron chi connectivity index (χ4n) is 2.74. The number of ether oxygens (including phenoxy) is 2. The van der Waals surface area contributed by atoms with Crippen molar-refractivity contribution in [3.8, 4) is 0 Å². The predicted octanol–water partition coefficient (Wildman–Crippen LogP) is 1.96. The van der Waals surface area contributed by atoms with Crippen molar-refractivity contribution >= 4 is 0 Å². The van der Waals surface area contributed by atoms with Crippen LogP contribution in [0, 0.1) is 5.92 Å². The van der Waals surface area contributed by atoms with Crippen molar-refractivity contribution in [1.82, 2.24) is 5.32 Å². The molecule has 1 saturated carbocycles. The van der Waals surface area contributed by atoms with Crippen LogP contribution < -0.4 is 5.32 Å². The van der Waals surface area contributed by atoms with Gasteiger partial charge in [0.05, 0.1) is 18.8 Å². The molecular formula is C13H25NO2. The Morgan fingerprint density at radius 3 is 2.50 bits per heavy atom. The van der Waals surface area contributed by atoms with E-state index in [1.54, 1.807) is 7.11 Å². The standard InChI is InChI=1S/C13H25NO2/c1-10-3-5-12(6-4-10)16-9-11-7-13(15-2)8-14-11/h10-14H,3-9H2,1-2H3/t10-,11-,12-,13-/m0/s1. The Bertz CT molecular complexity index is 200. The Kier molecular flexibility index (Phi) is 4.62. The zero-order valence-electron chi connectivity index (χ0n) is 10.6. The molecule has 2 fully saturated rings. The van der Waals surface area contributed by atoms with Gasteiger partial charge in [-0.2, -0.15) is 0 Å². The van der Waals surface area contributed by atoms with Crippen LogP contribution in [-0.4, -0.2) is 38.5 Å². The van der Waals surface area contributed by atoms with E-state index in [9.17, 15) is 0 Å². The van der Waals surface area contributed by atoms with E-state index in [1.165, 1.54) is 25.7 Å². The van der Waals surface area contributed by atoms with Crippen LogP contribution in [0.5, 0.6) is 0 Å². The number of hydrogen-bond acceptors (Lipinski definition) is 3. The van der Waals surface area contributed by atoms with Crippen LogP contribution in [0.4, 0.5) is 0 Å². The highest BCUT2D eigenvalue weighted by atomic mass is 16.5. The monoisotopic (exact) mass is 227 g/mol. The molecule has 0 aromatic rings. The second kappa shape index (κ2) is 5.99. The van der Waals surface area contributed by atoms with Crippen LogP contribution in [0.3, 0.4) is 0 Å². The summed E-state index contributed by atoms with van der Waals surface area (Å²) in [6, 6.07) is 0.504. The van der Waals surface area contributed by atoms with Gasteiger partial charge in [0.2, 0.25) is 0 Å². The van der Waals surface area contributed by atoms with Gasteiger partial charge in [0.15, 0.2) is 0 Å². The first-order valence-corrected chi connectivity index (χ1v) is 6.65. The second-order valence-corrected chi connectivity index (χ2v) is 5.41. The molecule has 0 aromatic carbocycles. The summed E-state index contributed by atoms with van der Waals surface area (Å²) in [5, 5.41) is 3.46. The fraction of sp³-hybridized carbons (Fsp3) is 1.00. The van der Waals surface area contributed by atoms with E-state index in [2.05, 4.69) is 12.2 Å². The lowest BCUT2D eigenvalue weighted by Crippen LogP contribution is -2.30. The Morgan fingerprint density at radius 2 is 1.88 bits per heavy atom. The van der Waals surface area contributed by atoms with Gasteiger partial charge in [0.25, 0.3) is 0 Å². The molecule has 1 N–H and O–H groups in total. The molecule has 1 aliphatic heterocycles. The molecule has 16 heavy (non-hydrogen) atoms. The van der Waals surface area contributed by atoms with Gasteiger partial charge in [0.1, 0.15) is 0 Å². The molecule has 1 aliphatic carbocycles. The lowest BCUT2D eigenvalue weighted by atomic mass is 9.89. The zero-order chi connectivity index (χ0) is 11.4. The third-order valence-corrected chi connectivity index (χ3v) is 4.01. The molecule has 3 nitrogen and oxygen atoms in total. The van der Waals surface area contributed by atoms with Gasteiger partial charge in [-0.15, -0.1) is 0 Å². The SMILES string of the molecule is CO[C@@H]1CN[C@H](CO[C@H]2CC[C@H](C)CC2)C1. The van der Waals surface area contributed by atoms with Gasteiger partial charge in [0, 0.05) is 19.7 Å². The topological polar surface area (TPSA) is 30.5 Å². The third kappa shape index (κ3) is 3.44. The Morgan fingerprint density at radius 1 is 1.12 bits per heavy atom. The van der Waals surface area contributed by atoms with Crippen molar-refractivity contribution in [2.45, 2.75) is 57.3 Å². The highest BCUT2D eigenvalue weighted by Gasteiger charge is 2.25. The molecule has 2 aliphatic rings. The smallest absolute Gasteiger partial charge is 0.0711 e. The molecular weight excluding hydrogens is 202 g/mol. The highest BCUT2D eigenvalue weighted by Crippen LogP contribution is 2.25. The molecule has 1 saturated heterocycles. The normalized spacial score (nSPS) is 40.1. The minimum absolute atomic E-state index is 0.389. The van der Waals surface area contributed by atoms with Crippen LogP contribution in [0.25, 0.3) is 0 Å². The van der Waals surface area contributed by atoms with Crippen LogP contribution in [-0.2, 0) is 9.47 Å². The average Bonchev–Trinajstić information content (AvgIpc) is 2.76. The van der Waals surface area contributed by atoms with E-state index in [0.29, 0.717) is 18.2 Å². The molecule has 0 amide bonds. The van der Waals surface area contributed by atoms with E-state index < -0.39 is 0 Å². The maximum absolute atomic E-state index is 5.99. The van der Waals surface area contributed by atoms with Crippen molar-refractivity contribution in [2.75, 3.05) is 20.3 Å². The van der Waals surface area contributed by atoms with Crippen LogP contribution in [0.2, 0.25) is 0 Å². The molecule has 2 atom stereocenters. The molecule has 0 spiro atoms. The molecule has 0 unspecified atom stereocenters. The zero-order valence-corrected chi connectivity index (χ0v) is 10.6. The van der Waals surface area contributed by atoms with Crippen LogP contribution >= 0.6 is 0 Å². The number of hydrogen-bond donors (Lipinski definition) is 1. The number of nitrogens with one attached hydrogen (secondary N) is 1. The molecule has 0 aromatic heterocycles. The molecule has 3 heteroatoms. The maximum atomic E-state index is 5.99. The maximum Gasteiger partial charge on any atom is 0.0711 e. The Balaban J connectivity index is 1.61. The van der Waals surface area contributed by atoms with E-state index in [1.807, 2.05) is 0 Å². The van der Waals surface area contributed by atoms with Crippen molar-refractivity contribution in [3.05, 3.63) is 0 Å². The predicted molar refractivity (Wildman–Crippen MR) is 64.6 cm³/mol. The van der Waals surface area contributed by atoms with Gasteiger partial charge in [-0.1, -0.05) is 6.92 Å². The third-order valence-electron chi connectivity index (χ3n) is 4.01. The lowest BCUT2D eigenvalue weighted by Gasteiger charge is -2.27. The molecule has 94 valence electrons. The fourth-order valence-corrected chi connectivity index (χ4v) is 2.74. The summed E-state index contributed by atoms with van der Waals surface area (Å²) in [5.74, 6) is 0.905. The summed E-state index contributed by atoms with van der Waals surface area (Å²) >= 11 is 0. The molecule has 0 bridgehead atoms. The number of rotatable bonds is 4. The van der Waals surface area contributed by atoms with E-state index in [-0.39, 0.29) is 0 Å². The minimum Gasteiger partial charge on any atom is -0.380 e. The summed E-state index contributed by atoms with van der Waals surface area (Å²) in [4.78, 5) is 0. The van der Waals surface area contributed by atoms with E-state index >= 15 is 0 Å². The molecule has 2 rings (SSSR count). The van der Waals surface area contributed by atoms with Gasteiger partial charge in [-0.25, -0.2) is 0 Å². The first-order valence-electron chi connectivity index (χ1n) is 6.65. The summed E-state index contributed by atoms with van der Waals surface area (Å²) < 4.78 is 11.3. The van der Waals surface area contributed by atoms with Crippen LogP contribution in [0.1, 0.15) is 39.0 Å². The Labute approximate surface area is 98.9 Å². The first kappa shape index (κ1) is 12.3.